The van der Waals surface area contributed by atoms with E-state index in [1.165, 1.54) is 26.1 Å². The summed E-state index contributed by atoms with van der Waals surface area (Å²) in [4.78, 5) is 3.90. The van der Waals surface area contributed by atoms with Crippen molar-refractivity contribution in [2.45, 2.75) is 18.9 Å². The van der Waals surface area contributed by atoms with Crippen LogP contribution in [0.4, 0.5) is 0 Å². The fraction of sp³-hybridized carbons (Fsp3) is 0.217. The van der Waals surface area contributed by atoms with Gasteiger partial charge in [0, 0.05) is 33.8 Å². The predicted molar refractivity (Wildman–Crippen MR) is 112 cm³/mol. The smallest absolute Gasteiger partial charge is 0.0929 e. The number of nitrogens with zero attached hydrogens (tertiary/aromatic N) is 3. The van der Waals surface area contributed by atoms with Crippen LogP contribution in [0.25, 0.3) is 21.3 Å². The van der Waals surface area contributed by atoms with Crippen molar-refractivity contribution in [3.63, 3.8) is 0 Å². The van der Waals surface area contributed by atoms with Crippen LogP contribution in [0.5, 0.6) is 0 Å². The van der Waals surface area contributed by atoms with Gasteiger partial charge in [0.15, 0.2) is 0 Å². The Morgan fingerprint density at radius 3 is 2.81 bits per heavy atom. The molecule has 4 aromatic rings. The number of fused-ring (bicyclic) bond motifs is 2. The summed E-state index contributed by atoms with van der Waals surface area (Å²) in [7, 11) is 2.21. The van der Waals surface area contributed by atoms with E-state index in [0.29, 0.717) is 5.92 Å². The van der Waals surface area contributed by atoms with E-state index in [2.05, 4.69) is 70.7 Å². The van der Waals surface area contributed by atoms with E-state index in [1.807, 2.05) is 23.5 Å². The molecule has 0 N–H and O–H groups in total. The Morgan fingerprint density at radius 2 is 1.96 bits per heavy atom. The highest BCUT2D eigenvalue weighted by molar-refractivity contribution is 7.19. The molecule has 3 heterocycles. The van der Waals surface area contributed by atoms with Gasteiger partial charge in [0.25, 0.3) is 0 Å². The predicted octanol–water partition coefficient (Wildman–Crippen LogP) is 5.33. The van der Waals surface area contributed by atoms with Crippen molar-refractivity contribution in [3.05, 3.63) is 82.9 Å². The Balaban J connectivity index is 1.61. The van der Waals surface area contributed by atoms with E-state index < -0.39 is 0 Å². The van der Waals surface area contributed by atoms with Gasteiger partial charge in [-0.3, -0.25) is 0 Å². The molecular weight excluding hydrogens is 350 g/mol. The molecule has 0 saturated carbocycles. The van der Waals surface area contributed by atoms with Gasteiger partial charge in [-0.1, -0.05) is 30.3 Å². The molecule has 0 bridgehead atoms. The van der Waals surface area contributed by atoms with Crippen molar-refractivity contribution in [1.82, 2.24) is 15.1 Å². The van der Waals surface area contributed by atoms with Gasteiger partial charge in [0.1, 0.15) is 0 Å². The van der Waals surface area contributed by atoms with Crippen LogP contribution >= 0.6 is 11.3 Å². The Labute approximate surface area is 163 Å². The van der Waals surface area contributed by atoms with Crippen LogP contribution in [0.3, 0.4) is 0 Å². The lowest BCUT2D eigenvalue weighted by atomic mass is 9.89. The van der Waals surface area contributed by atoms with Gasteiger partial charge >= 0.3 is 0 Å². The second kappa shape index (κ2) is 6.87. The zero-order valence-corrected chi connectivity index (χ0v) is 16.1. The summed E-state index contributed by atoms with van der Waals surface area (Å²) in [5, 5.41) is 9.67. The molecule has 1 atom stereocenters. The fourth-order valence-corrected chi connectivity index (χ4v) is 5.26. The molecule has 4 heteroatoms. The molecule has 0 amide bonds. The van der Waals surface area contributed by atoms with E-state index in [9.17, 15) is 0 Å². The van der Waals surface area contributed by atoms with Crippen molar-refractivity contribution >= 4 is 21.4 Å². The average Bonchev–Trinajstić information content (AvgIpc) is 3.06. The minimum atomic E-state index is 0.457. The summed E-state index contributed by atoms with van der Waals surface area (Å²) in [6, 6.07) is 21.9. The molecule has 5 rings (SSSR count). The molecule has 0 spiro atoms. The second-order valence-electron chi connectivity index (χ2n) is 7.29. The van der Waals surface area contributed by atoms with Gasteiger partial charge in [-0.05, 0) is 66.9 Å². The molecule has 3 nitrogen and oxygen atoms in total. The monoisotopic (exact) mass is 371 g/mol. The van der Waals surface area contributed by atoms with Gasteiger partial charge in [0.05, 0.1) is 5.69 Å². The van der Waals surface area contributed by atoms with Crippen molar-refractivity contribution in [3.8, 4) is 11.3 Å². The van der Waals surface area contributed by atoms with E-state index in [1.54, 1.807) is 6.20 Å². The van der Waals surface area contributed by atoms with Crippen molar-refractivity contribution < 1.29 is 0 Å². The topological polar surface area (TPSA) is 29.0 Å². The molecule has 134 valence electrons. The first kappa shape index (κ1) is 16.6. The first-order valence-electron chi connectivity index (χ1n) is 9.36. The average molecular weight is 372 g/mol. The van der Waals surface area contributed by atoms with Crippen molar-refractivity contribution in [2.24, 2.45) is 0 Å². The van der Waals surface area contributed by atoms with Crippen LogP contribution in [0, 0.1) is 0 Å². The SMILES string of the molecule is CN1CCC(c2cc3ccccc3s2)c2ccc(-c3cccnn3)cc2C1. The van der Waals surface area contributed by atoms with Crippen LogP contribution < -0.4 is 0 Å². The molecule has 2 aromatic heterocycles. The summed E-state index contributed by atoms with van der Waals surface area (Å²) in [6.07, 6.45) is 2.87. The second-order valence-corrected chi connectivity index (χ2v) is 8.40. The standard InChI is InChI=1S/C23H21N3S/c1-26-12-10-20(23-14-17-5-2-3-7-22(17)27-23)19-9-8-16(13-18(19)15-26)21-6-4-11-24-25-21/h2-9,11,13-14,20H,10,12,15H2,1H3. The van der Waals surface area contributed by atoms with Crippen LogP contribution in [-0.2, 0) is 6.54 Å². The number of hydrogen-bond donors (Lipinski definition) is 0. The lowest BCUT2D eigenvalue weighted by molar-refractivity contribution is 0.328. The van der Waals surface area contributed by atoms with E-state index in [4.69, 9.17) is 0 Å². The largest absolute Gasteiger partial charge is 0.302 e. The first-order valence-corrected chi connectivity index (χ1v) is 10.2. The van der Waals surface area contributed by atoms with Gasteiger partial charge < -0.3 is 4.90 Å². The number of hydrogen-bond acceptors (Lipinski definition) is 4. The third kappa shape index (κ3) is 3.15. The molecule has 27 heavy (non-hydrogen) atoms. The summed E-state index contributed by atoms with van der Waals surface area (Å²) >= 11 is 1.94. The fourth-order valence-electron chi connectivity index (χ4n) is 4.04. The van der Waals surface area contributed by atoms with Crippen molar-refractivity contribution in [2.75, 3.05) is 13.6 Å². The molecule has 0 fully saturated rings. The number of thiophene rings is 1. The molecular formula is C23H21N3S. The van der Waals surface area contributed by atoms with Crippen LogP contribution in [0.2, 0.25) is 0 Å². The minimum Gasteiger partial charge on any atom is -0.302 e. The van der Waals surface area contributed by atoms with Crippen molar-refractivity contribution in [1.29, 1.82) is 0 Å². The lowest BCUT2D eigenvalue weighted by Gasteiger charge is -2.16. The number of benzene rings is 2. The van der Waals surface area contributed by atoms with E-state index in [-0.39, 0.29) is 0 Å². The first-order chi connectivity index (χ1) is 13.3. The third-order valence-corrected chi connectivity index (χ3v) is 6.64. The summed E-state index contributed by atoms with van der Waals surface area (Å²) in [5.74, 6) is 0.457. The lowest BCUT2D eigenvalue weighted by Crippen LogP contribution is -2.17. The zero-order valence-electron chi connectivity index (χ0n) is 15.3. The van der Waals surface area contributed by atoms with E-state index >= 15 is 0 Å². The summed E-state index contributed by atoms with van der Waals surface area (Å²) < 4.78 is 1.38. The molecule has 1 unspecified atom stereocenters. The maximum atomic E-state index is 4.28. The molecule has 2 aromatic carbocycles. The maximum absolute atomic E-state index is 4.28. The van der Waals surface area contributed by atoms with E-state index in [0.717, 1.165) is 30.8 Å². The van der Waals surface area contributed by atoms with Gasteiger partial charge in [-0.15, -0.1) is 11.3 Å². The summed E-state index contributed by atoms with van der Waals surface area (Å²) in [5.41, 5.74) is 4.94. The van der Waals surface area contributed by atoms with Crippen LogP contribution in [-0.4, -0.2) is 28.7 Å². The highest BCUT2D eigenvalue weighted by Crippen LogP contribution is 2.40. The Hall–Kier alpha value is -2.56. The minimum absolute atomic E-state index is 0.457. The summed E-state index contributed by atoms with van der Waals surface area (Å²) in [6.45, 7) is 2.08. The third-order valence-electron chi connectivity index (χ3n) is 5.41. The van der Waals surface area contributed by atoms with Gasteiger partial charge in [-0.2, -0.15) is 10.2 Å². The molecule has 0 saturated heterocycles. The number of aromatic nitrogens is 2. The normalized spacial score (nSPS) is 17.6. The number of rotatable bonds is 2. The molecule has 1 aliphatic rings. The molecule has 0 aliphatic carbocycles. The molecule has 1 aliphatic heterocycles. The zero-order chi connectivity index (χ0) is 18.2. The Morgan fingerprint density at radius 1 is 1.04 bits per heavy atom. The highest BCUT2D eigenvalue weighted by atomic mass is 32.1. The van der Waals surface area contributed by atoms with Gasteiger partial charge in [-0.25, -0.2) is 0 Å². The van der Waals surface area contributed by atoms with Gasteiger partial charge in [0.2, 0.25) is 0 Å². The highest BCUT2D eigenvalue weighted by Gasteiger charge is 2.24. The maximum Gasteiger partial charge on any atom is 0.0929 e. The quantitative estimate of drug-likeness (QED) is 0.477. The molecule has 0 radical (unpaired) electrons. The van der Waals surface area contributed by atoms with Crippen LogP contribution in [0.15, 0.2) is 66.9 Å². The Bertz CT molecular complexity index is 1050. The van der Waals surface area contributed by atoms with Crippen LogP contribution in [0.1, 0.15) is 28.3 Å². The Kier molecular flexibility index (Phi) is 4.23.